The molecule has 1 nitrogen and oxygen atoms in total. The molecule has 4 aromatic rings. The van der Waals surface area contributed by atoms with Gasteiger partial charge < -0.3 is 4.98 Å². The molecule has 4 aromatic carbocycles. The first kappa shape index (κ1) is 32.5. The van der Waals surface area contributed by atoms with E-state index in [1.807, 2.05) is 36.4 Å². The number of hydrogen-bond acceptors (Lipinski definition) is 1. The third kappa shape index (κ3) is 9.25. The molecule has 0 fully saturated rings. The fourth-order valence-corrected chi connectivity index (χ4v) is 10.2. The SMILES string of the molecule is C(C=Cc1ccccc1)=Cc1ccccc1.CC1=Cc2c(-c3ccccc3)cccc2C1[Si](C)(C)NC(C)(C)C.[Ti]. The second-order valence-electron chi connectivity index (χ2n) is 12.1. The van der Waals surface area contributed by atoms with E-state index in [2.05, 4.69) is 149 Å². The topological polar surface area (TPSA) is 12.0 Å². The van der Waals surface area contributed by atoms with Crippen LogP contribution in [0.5, 0.6) is 0 Å². The molecule has 0 aliphatic heterocycles. The Morgan fingerprint density at radius 3 is 1.63 bits per heavy atom. The molecule has 0 saturated carbocycles. The van der Waals surface area contributed by atoms with E-state index in [4.69, 9.17) is 0 Å². The molecular weight excluding hydrogens is 546 g/mol. The molecule has 0 heterocycles. The number of hydrogen-bond donors (Lipinski definition) is 1. The minimum atomic E-state index is -1.66. The second-order valence-corrected chi connectivity index (χ2v) is 16.4. The summed E-state index contributed by atoms with van der Waals surface area (Å²) < 4.78 is 0. The van der Waals surface area contributed by atoms with Gasteiger partial charge in [-0.25, -0.2) is 0 Å². The number of benzene rings is 4. The fraction of sp³-hybridized carbons (Fsp3) is 0.211. The van der Waals surface area contributed by atoms with Crippen molar-refractivity contribution < 1.29 is 21.7 Å². The first-order chi connectivity index (χ1) is 19.1. The van der Waals surface area contributed by atoms with Crippen molar-refractivity contribution in [3.05, 3.63) is 149 Å². The minimum absolute atomic E-state index is 0. The van der Waals surface area contributed by atoms with E-state index in [0.29, 0.717) is 5.54 Å². The predicted molar refractivity (Wildman–Crippen MR) is 180 cm³/mol. The quantitative estimate of drug-likeness (QED) is 0.174. The average Bonchev–Trinajstić information content (AvgIpc) is 3.29. The summed E-state index contributed by atoms with van der Waals surface area (Å²) in [4.78, 5) is 3.97. The molecule has 1 aliphatic rings. The Balaban J connectivity index is 0.000000238. The van der Waals surface area contributed by atoms with E-state index in [1.54, 1.807) is 0 Å². The van der Waals surface area contributed by atoms with Crippen LogP contribution in [0.1, 0.15) is 55.5 Å². The van der Waals surface area contributed by atoms with E-state index >= 15 is 0 Å². The van der Waals surface area contributed by atoms with Gasteiger partial charge in [0, 0.05) is 32.8 Å². The zero-order valence-electron chi connectivity index (χ0n) is 25.4. The Bertz CT molecular complexity index is 1420. The number of rotatable bonds is 6. The summed E-state index contributed by atoms with van der Waals surface area (Å²) >= 11 is 0. The van der Waals surface area contributed by atoms with Crippen LogP contribution in [-0.4, -0.2) is 13.8 Å². The molecule has 5 rings (SSSR count). The van der Waals surface area contributed by atoms with Gasteiger partial charge in [0.1, 0.15) is 8.24 Å². The van der Waals surface area contributed by atoms with Crippen LogP contribution in [-0.2, 0) is 21.7 Å². The maximum atomic E-state index is 3.97. The van der Waals surface area contributed by atoms with Gasteiger partial charge in [0.25, 0.3) is 0 Å². The Hall–Kier alpha value is -3.01. The number of fused-ring (bicyclic) bond motifs is 1. The molecule has 0 radical (unpaired) electrons. The Kier molecular flexibility index (Phi) is 11.7. The van der Waals surface area contributed by atoms with Crippen molar-refractivity contribution in [2.45, 2.75) is 51.9 Å². The zero-order chi connectivity index (χ0) is 28.6. The average molecular weight is 590 g/mol. The third-order valence-corrected chi connectivity index (χ3v) is 10.7. The van der Waals surface area contributed by atoms with Crippen molar-refractivity contribution >= 4 is 26.5 Å². The van der Waals surface area contributed by atoms with Crippen molar-refractivity contribution in [1.29, 1.82) is 0 Å². The van der Waals surface area contributed by atoms with Crippen molar-refractivity contribution in [1.82, 2.24) is 4.98 Å². The first-order valence-electron chi connectivity index (χ1n) is 14.2. The summed E-state index contributed by atoms with van der Waals surface area (Å²) in [5, 5.41) is 0. The molecule has 3 heteroatoms. The summed E-state index contributed by atoms with van der Waals surface area (Å²) in [7, 11) is -1.66. The van der Waals surface area contributed by atoms with Crippen LogP contribution in [0.4, 0.5) is 0 Å². The standard InChI is InChI=1S/C22H29NSi.C16H14.Ti/c1-16-15-20-18(17-11-8-7-9-12-17)13-10-14-19(20)21(16)24(5,6)23-22(2,3)4;1-3-9-15(10-4-1)13-7-8-14-16-11-5-2-6-12-16;/h7-15,21,23H,1-6H3;1-14H;. The summed E-state index contributed by atoms with van der Waals surface area (Å²) in [5.74, 6) is 0. The normalized spacial score (nSPS) is 14.7. The van der Waals surface area contributed by atoms with Crippen LogP contribution in [0.15, 0.2) is 127 Å². The fourth-order valence-electron chi connectivity index (χ4n) is 5.88. The van der Waals surface area contributed by atoms with Gasteiger partial charge in [-0.05, 0) is 61.1 Å². The molecule has 41 heavy (non-hydrogen) atoms. The summed E-state index contributed by atoms with van der Waals surface area (Å²) in [6.45, 7) is 14.1. The number of allylic oxidation sites excluding steroid dienone is 3. The van der Waals surface area contributed by atoms with E-state index in [1.165, 1.54) is 39.0 Å². The molecule has 208 valence electrons. The Labute approximate surface area is 264 Å². The van der Waals surface area contributed by atoms with Gasteiger partial charge in [-0.15, -0.1) is 0 Å². The van der Waals surface area contributed by atoms with Crippen LogP contribution < -0.4 is 4.98 Å². The molecule has 0 aromatic heterocycles. The van der Waals surface area contributed by atoms with E-state index < -0.39 is 8.24 Å². The summed E-state index contributed by atoms with van der Waals surface area (Å²) in [6, 6.07) is 38.1. The molecule has 1 unspecified atom stereocenters. The zero-order valence-corrected chi connectivity index (χ0v) is 27.9. The molecule has 0 amide bonds. The monoisotopic (exact) mass is 589 g/mol. The first-order valence-corrected chi connectivity index (χ1v) is 17.3. The van der Waals surface area contributed by atoms with Crippen molar-refractivity contribution in [2.75, 3.05) is 0 Å². The second kappa shape index (κ2) is 14.8. The van der Waals surface area contributed by atoms with Gasteiger partial charge in [-0.1, -0.05) is 158 Å². The van der Waals surface area contributed by atoms with Gasteiger partial charge in [0.15, 0.2) is 0 Å². The van der Waals surface area contributed by atoms with Gasteiger partial charge in [-0.3, -0.25) is 0 Å². The van der Waals surface area contributed by atoms with E-state index in [-0.39, 0.29) is 27.3 Å². The van der Waals surface area contributed by atoms with Crippen LogP contribution in [0, 0.1) is 0 Å². The van der Waals surface area contributed by atoms with E-state index in [0.717, 1.165) is 0 Å². The van der Waals surface area contributed by atoms with Gasteiger partial charge >= 0.3 is 0 Å². The molecule has 1 N–H and O–H groups in total. The molecule has 1 atom stereocenters. The van der Waals surface area contributed by atoms with Crippen molar-refractivity contribution in [3.63, 3.8) is 0 Å². The van der Waals surface area contributed by atoms with Crippen LogP contribution >= 0.6 is 0 Å². The van der Waals surface area contributed by atoms with E-state index in [9.17, 15) is 0 Å². The summed E-state index contributed by atoms with van der Waals surface area (Å²) in [5.41, 5.74) is 10.2. The smallest absolute Gasteiger partial charge is 0.131 e. The molecule has 0 saturated heterocycles. The molecular formula is C38H43NSiTi. The molecule has 0 spiro atoms. The molecule has 1 aliphatic carbocycles. The maximum Gasteiger partial charge on any atom is 0.131 e. The summed E-state index contributed by atoms with van der Waals surface area (Å²) in [6.07, 6.45) is 10.7. The third-order valence-electron chi connectivity index (χ3n) is 7.07. The van der Waals surface area contributed by atoms with Crippen LogP contribution in [0.25, 0.3) is 29.4 Å². The number of nitrogens with one attached hydrogen (secondary N) is 1. The van der Waals surface area contributed by atoms with Gasteiger partial charge in [-0.2, -0.15) is 0 Å². The van der Waals surface area contributed by atoms with Crippen molar-refractivity contribution in [2.24, 2.45) is 0 Å². The molecule has 0 bridgehead atoms. The van der Waals surface area contributed by atoms with Crippen molar-refractivity contribution in [3.8, 4) is 11.1 Å². The Morgan fingerprint density at radius 1 is 0.659 bits per heavy atom. The Morgan fingerprint density at radius 2 is 1.15 bits per heavy atom. The van der Waals surface area contributed by atoms with Crippen LogP contribution in [0.2, 0.25) is 13.1 Å². The largest absolute Gasteiger partial charge is 0.332 e. The minimum Gasteiger partial charge on any atom is -0.332 e. The van der Waals surface area contributed by atoms with Crippen LogP contribution in [0.3, 0.4) is 0 Å². The maximum absolute atomic E-state index is 3.97. The van der Waals surface area contributed by atoms with Gasteiger partial charge in [0.05, 0.1) is 0 Å². The van der Waals surface area contributed by atoms with Gasteiger partial charge in [0.2, 0.25) is 0 Å². The predicted octanol–water partition coefficient (Wildman–Crippen LogP) is 10.4.